The first-order valence-electron chi connectivity index (χ1n) is 8.71. The van der Waals surface area contributed by atoms with Crippen molar-refractivity contribution in [3.8, 4) is 0 Å². The molecule has 0 aromatic heterocycles. The van der Waals surface area contributed by atoms with Gasteiger partial charge in [0, 0.05) is 38.8 Å². The van der Waals surface area contributed by atoms with Crippen molar-refractivity contribution in [2.24, 2.45) is 0 Å². The van der Waals surface area contributed by atoms with Crippen molar-refractivity contribution in [1.82, 2.24) is 15.1 Å². The van der Waals surface area contributed by atoms with E-state index in [0.717, 1.165) is 45.6 Å². The Morgan fingerprint density at radius 1 is 1.26 bits per heavy atom. The molecule has 0 unspecified atom stereocenters. The molecule has 2 aliphatic heterocycles. The lowest BCUT2D eigenvalue weighted by Crippen LogP contribution is -2.42. The third-order valence-electron chi connectivity index (χ3n) is 5.04. The molecule has 124 valence electrons. The van der Waals surface area contributed by atoms with Crippen molar-refractivity contribution < 1.29 is 4.79 Å². The highest BCUT2D eigenvalue weighted by Crippen LogP contribution is 2.19. The zero-order valence-electron chi connectivity index (χ0n) is 13.9. The summed E-state index contributed by atoms with van der Waals surface area (Å²) in [5.74, 6) is 0.471. The Kier molecular flexibility index (Phi) is 5.34. The van der Waals surface area contributed by atoms with Gasteiger partial charge in [-0.3, -0.25) is 4.90 Å². The predicted molar refractivity (Wildman–Crippen MR) is 93.6 cm³/mol. The Morgan fingerprint density at radius 2 is 2.00 bits per heavy atom. The van der Waals surface area contributed by atoms with E-state index < -0.39 is 0 Å². The highest BCUT2D eigenvalue weighted by atomic mass is 16.2. The molecule has 2 heterocycles. The maximum atomic E-state index is 12.3. The maximum absolute atomic E-state index is 12.3. The molecule has 0 saturated carbocycles. The van der Waals surface area contributed by atoms with Gasteiger partial charge in [0.1, 0.15) is 0 Å². The molecule has 4 heteroatoms. The minimum absolute atomic E-state index is 0.0971. The van der Waals surface area contributed by atoms with Crippen LogP contribution in [0.15, 0.2) is 42.5 Å². The summed E-state index contributed by atoms with van der Waals surface area (Å²) in [5, 5.41) is 3.09. The van der Waals surface area contributed by atoms with E-state index >= 15 is 0 Å². The number of nitrogens with one attached hydrogen (secondary N) is 1. The van der Waals surface area contributed by atoms with E-state index in [2.05, 4.69) is 53.6 Å². The van der Waals surface area contributed by atoms with Crippen LogP contribution >= 0.6 is 0 Å². The standard InChI is InChI=1S/C19H27N3O/c1-16(17-7-3-2-4-8-17)9-11-20-19(23)22-14-10-18(15-22)21-12-5-6-13-21/h2-8,16,18H,9-15H2,1H3,(H,20,23)/t16-,18+/m0/s1. The lowest BCUT2D eigenvalue weighted by Gasteiger charge is -2.24. The third-order valence-corrected chi connectivity index (χ3v) is 5.04. The van der Waals surface area contributed by atoms with Crippen molar-refractivity contribution in [2.75, 3.05) is 32.7 Å². The molecule has 2 aliphatic rings. The molecule has 1 fully saturated rings. The van der Waals surface area contributed by atoms with E-state index in [1.54, 1.807) is 0 Å². The average Bonchev–Trinajstić information content (AvgIpc) is 3.26. The Bertz CT molecular complexity index is 535. The molecule has 3 rings (SSSR count). The van der Waals surface area contributed by atoms with Crippen LogP contribution in [-0.2, 0) is 0 Å². The van der Waals surface area contributed by atoms with Gasteiger partial charge in [0.25, 0.3) is 0 Å². The van der Waals surface area contributed by atoms with E-state index in [1.807, 2.05) is 11.0 Å². The minimum atomic E-state index is 0.0971. The van der Waals surface area contributed by atoms with Gasteiger partial charge in [-0.1, -0.05) is 49.4 Å². The van der Waals surface area contributed by atoms with E-state index in [0.29, 0.717) is 12.0 Å². The number of urea groups is 1. The molecule has 4 nitrogen and oxygen atoms in total. The van der Waals surface area contributed by atoms with Gasteiger partial charge in [-0.25, -0.2) is 4.79 Å². The summed E-state index contributed by atoms with van der Waals surface area (Å²) < 4.78 is 0. The lowest BCUT2D eigenvalue weighted by atomic mass is 9.98. The van der Waals surface area contributed by atoms with Crippen LogP contribution in [-0.4, -0.2) is 54.6 Å². The van der Waals surface area contributed by atoms with Crippen molar-refractivity contribution >= 4 is 6.03 Å². The van der Waals surface area contributed by atoms with Crippen LogP contribution in [0.4, 0.5) is 4.79 Å². The highest BCUT2D eigenvalue weighted by Gasteiger charge is 2.30. The van der Waals surface area contributed by atoms with Crippen LogP contribution in [0.25, 0.3) is 0 Å². The van der Waals surface area contributed by atoms with Crippen molar-refractivity contribution in [3.05, 3.63) is 48.0 Å². The molecule has 1 aromatic carbocycles. The molecule has 0 bridgehead atoms. The van der Waals surface area contributed by atoms with Crippen molar-refractivity contribution in [1.29, 1.82) is 0 Å². The van der Waals surface area contributed by atoms with E-state index in [-0.39, 0.29) is 6.03 Å². The number of carbonyl (C=O) groups excluding carboxylic acids is 1. The molecule has 2 atom stereocenters. The van der Waals surface area contributed by atoms with Crippen LogP contribution in [0.5, 0.6) is 0 Å². The largest absolute Gasteiger partial charge is 0.338 e. The molecule has 0 aliphatic carbocycles. The molecule has 2 amide bonds. The number of carbonyl (C=O) groups is 1. The van der Waals surface area contributed by atoms with Crippen molar-refractivity contribution in [3.63, 3.8) is 0 Å². The van der Waals surface area contributed by atoms with Gasteiger partial charge in [0.15, 0.2) is 0 Å². The second kappa shape index (κ2) is 7.64. The molecule has 1 saturated heterocycles. The highest BCUT2D eigenvalue weighted by molar-refractivity contribution is 5.74. The molecule has 1 aromatic rings. The first-order valence-corrected chi connectivity index (χ1v) is 8.71. The number of rotatable bonds is 5. The van der Waals surface area contributed by atoms with E-state index in [4.69, 9.17) is 0 Å². The summed E-state index contributed by atoms with van der Waals surface area (Å²) >= 11 is 0. The number of benzene rings is 1. The van der Waals surface area contributed by atoms with E-state index in [9.17, 15) is 4.79 Å². The summed E-state index contributed by atoms with van der Waals surface area (Å²) in [5.41, 5.74) is 1.34. The van der Waals surface area contributed by atoms with Crippen molar-refractivity contribution in [2.45, 2.75) is 31.7 Å². The summed E-state index contributed by atoms with van der Waals surface area (Å²) in [4.78, 5) is 16.7. The summed E-state index contributed by atoms with van der Waals surface area (Å²) in [6.45, 7) is 6.77. The second-order valence-corrected chi connectivity index (χ2v) is 6.65. The summed E-state index contributed by atoms with van der Waals surface area (Å²) in [6.07, 6.45) is 6.50. The summed E-state index contributed by atoms with van der Waals surface area (Å²) in [7, 11) is 0. The molecular weight excluding hydrogens is 286 g/mol. The van der Waals surface area contributed by atoms with Crippen LogP contribution in [0.2, 0.25) is 0 Å². The Morgan fingerprint density at radius 3 is 2.74 bits per heavy atom. The number of nitrogens with zero attached hydrogens (tertiary/aromatic N) is 2. The van der Waals surface area contributed by atoms with Crippen LogP contribution in [0.1, 0.15) is 31.2 Å². The fourth-order valence-corrected chi connectivity index (χ4v) is 3.47. The molecular formula is C19H27N3O. The Labute approximate surface area is 139 Å². The topological polar surface area (TPSA) is 35.6 Å². The van der Waals surface area contributed by atoms with Gasteiger partial charge in [0.2, 0.25) is 0 Å². The molecule has 23 heavy (non-hydrogen) atoms. The monoisotopic (exact) mass is 313 g/mol. The number of amides is 2. The van der Waals surface area contributed by atoms with Gasteiger partial charge in [-0.2, -0.15) is 0 Å². The van der Waals surface area contributed by atoms with Crippen LogP contribution in [0.3, 0.4) is 0 Å². The Hall–Kier alpha value is -1.81. The fourth-order valence-electron chi connectivity index (χ4n) is 3.47. The quantitative estimate of drug-likeness (QED) is 0.849. The molecule has 1 N–H and O–H groups in total. The maximum Gasteiger partial charge on any atom is 0.317 e. The summed E-state index contributed by atoms with van der Waals surface area (Å²) in [6, 6.07) is 11.1. The third kappa shape index (κ3) is 4.14. The van der Waals surface area contributed by atoms with Gasteiger partial charge >= 0.3 is 6.03 Å². The van der Waals surface area contributed by atoms with Crippen LogP contribution < -0.4 is 5.32 Å². The number of hydrogen-bond acceptors (Lipinski definition) is 2. The smallest absolute Gasteiger partial charge is 0.317 e. The average molecular weight is 313 g/mol. The number of hydrogen-bond donors (Lipinski definition) is 1. The minimum Gasteiger partial charge on any atom is -0.338 e. The fraction of sp³-hybridized carbons (Fsp3) is 0.526. The van der Waals surface area contributed by atoms with Gasteiger partial charge in [0.05, 0.1) is 0 Å². The van der Waals surface area contributed by atoms with Gasteiger partial charge < -0.3 is 10.2 Å². The zero-order valence-corrected chi connectivity index (χ0v) is 13.9. The SMILES string of the molecule is C[C@@H](CCNC(=O)N1CC[C@@H](N2CC=CC2)C1)c1ccccc1. The molecule has 0 radical (unpaired) electrons. The van der Waals surface area contributed by atoms with Gasteiger partial charge in [-0.15, -0.1) is 0 Å². The van der Waals surface area contributed by atoms with E-state index in [1.165, 1.54) is 5.56 Å². The Balaban J connectivity index is 1.38. The number of likely N-dealkylation sites (tertiary alicyclic amines) is 1. The predicted octanol–water partition coefficient (Wildman–Crippen LogP) is 2.84. The van der Waals surface area contributed by atoms with Gasteiger partial charge in [-0.05, 0) is 24.3 Å². The zero-order chi connectivity index (χ0) is 16.1. The second-order valence-electron chi connectivity index (χ2n) is 6.65. The first kappa shape index (κ1) is 16.1. The molecule has 0 spiro atoms. The van der Waals surface area contributed by atoms with Crippen LogP contribution in [0, 0.1) is 0 Å². The normalized spacial score (nSPS) is 22.5. The lowest BCUT2D eigenvalue weighted by molar-refractivity contribution is 0.200. The first-order chi connectivity index (χ1) is 11.2.